The first-order valence-corrected chi connectivity index (χ1v) is 8.86. The lowest BCUT2D eigenvalue weighted by Crippen LogP contribution is -2.36. The molecule has 0 aliphatic carbocycles. The average Bonchev–Trinajstić information content (AvgIpc) is 2.61. The third-order valence-corrected chi connectivity index (χ3v) is 4.19. The molecule has 0 saturated carbocycles. The van der Waals surface area contributed by atoms with Gasteiger partial charge in [-0.15, -0.1) is 0 Å². The Hall–Kier alpha value is -3.15. The number of nitrogens with one attached hydrogen (secondary N) is 2. The maximum atomic E-state index is 12.6. The van der Waals surface area contributed by atoms with Crippen LogP contribution in [0.15, 0.2) is 42.5 Å². The van der Waals surface area contributed by atoms with Crippen LogP contribution >= 0.6 is 0 Å². The molecule has 0 aliphatic heterocycles. The summed E-state index contributed by atoms with van der Waals surface area (Å²) >= 11 is 0. The molecule has 27 heavy (non-hydrogen) atoms. The summed E-state index contributed by atoms with van der Waals surface area (Å²) < 4.78 is 0. The summed E-state index contributed by atoms with van der Waals surface area (Å²) in [6, 6.07) is 12.7. The summed E-state index contributed by atoms with van der Waals surface area (Å²) in [5.74, 6) is -0.673. The number of hydrogen-bond acceptors (Lipinski definition) is 3. The van der Waals surface area contributed by atoms with Crippen LogP contribution in [0.5, 0.6) is 0 Å². The van der Waals surface area contributed by atoms with E-state index in [0.29, 0.717) is 11.4 Å². The minimum absolute atomic E-state index is 0.0910. The lowest BCUT2D eigenvalue weighted by Gasteiger charge is -2.22. The van der Waals surface area contributed by atoms with E-state index in [1.54, 1.807) is 24.3 Å². The number of hydrogen-bond donors (Lipinski definition) is 2. The second-order valence-electron chi connectivity index (χ2n) is 6.34. The van der Waals surface area contributed by atoms with Crippen molar-refractivity contribution >= 4 is 34.8 Å². The van der Waals surface area contributed by atoms with E-state index in [1.165, 1.54) is 18.7 Å². The smallest absolute Gasteiger partial charge is 0.244 e. The van der Waals surface area contributed by atoms with Crippen molar-refractivity contribution in [1.82, 2.24) is 0 Å². The first-order chi connectivity index (χ1) is 12.8. The van der Waals surface area contributed by atoms with Gasteiger partial charge in [-0.3, -0.25) is 14.4 Å². The van der Waals surface area contributed by atoms with Crippen LogP contribution in [0.4, 0.5) is 17.1 Å². The zero-order chi connectivity index (χ0) is 20.0. The van der Waals surface area contributed by atoms with E-state index < -0.39 is 0 Å². The van der Waals surface area contributed by atoms with Gasteiger partial charge in [0.05, 0.1) is 0 Å². The highest BCUT2D eigenvalue weighted by Gasteiger charge is 2.17. The number of aryl methyl sites for hydroxylation is 2. The van der Waals surface area contributed by atoms with Crippen molar-refractivity contribution in [2.24, 2.45) is 0 Å². The minimum atomic E-state index is -0.264. The van der Waals surface area contributed by atoms with Crippen LogP contribution in [-0.4, -0.2) is 24.3 Å². The fourth-order valence-electron chi connectivity index (χ4n) is 2.84. The van der Waals surface area contributed by atoms with Gasteiger partial charge in [-0.1, -0.05) is 25.1 Å². The molecule has 0 aliphatic rings. The van der Waals surface area contributed by atoms with Crippen LogP contribution in [0.2, 0.25) is 0 Å². The van der Waals surface area contributed by atoms with E-state index in [4.69, 9.17) is 0 Å². The molecule has 0 radical (unpaired) electrons. The predicted octanol–water partition coefficient (Wildman–Crippen LogP) is 3.51. The molecule has 0 unspecified atom stereocenters. The van der Waals surface area contributed by atoms with Crippen molar-refractivity contribution in [1.29, 1.82) is 0 Å². The van der Waals surface area contributed by atoms with Crippen molar-refractivity contribution in [3.05, 3.63) is 53.6 Å². The van der Waals surface area contributed by atoms with E-state index in [2.05, 4.69) is 10.6 Å². The minimum Gasteiger partial charge on any atom is -0.326 e. The van der Waals surface area contributed by atoms with E-state index in [1.807, 2.05) is 32.0 Å². The fraction of sp³-hybridized carbons (Fsp3) is 0.286. The normalized spacial score (nSPS) is 10.2. The summed E-state index contributed by atoms with van der Waals surface area (Å²) in [7, 11) is 0. The maximum absolute atomic E-state index is 12.6. The standard InChI is InChI=1S/C21H25N3O3/c1-5-17-8-6-7-14(2)21(17)23-20(27)13-24(16(4)26)19-11-9-18(10-12-19)22-15(3)25/h6-12H,5,13H2,1-4H3,(H,22,25)(H,23,27). The van der Waals surface area contributed by atoms with Gasteiger partial charge in [0.1, 0.15) is 6.54 Å². The third kappa shape index (κ3) is 5.41. The average molecular weight is 367 g/mol. The number of nitrogens with zero attached hydrogens (tertiary/aromatic N) is 1. The largest absolute Gasteiger partial charge is 0.326 e. The Kier molecular flexibility index (Phi) is 6.71. The number of carbonyl (C=O) groups excluding carboxylic acids is 3. The first-order valence-electron chi connectivity index (χ1n) is 8.86. The Balaban J connectivity index is 2.15. The Morgan fingerprint density at radius 3 is 2.19 bits per heavy atom. The zero-order valence-electron chi connectivity index (χ0n) is 16.1. The molecule has 0 fully saturated rings. The summed E-state index contributed by atoms with van der Waals surface area (Å²) in [5, 5.41) is 5.60. The predicted molar refractivity (Wildman–Crippen MR) is 108 cm³/mol. The van der Waals surface area contributed by atoms with Crippen molar-refractivity contribution in [2.45, 2.75) is 34.1 Å². The van der Waals surface area contributed by atoms with Crippen LogP contribution in [0.3, 0.4) is 0 Å². The van der Waals surface area contributed by atoms with Gasteiger partial charge >= 0.3 is 0 Å². The molecule has 0 bridgehead atoms. The fourth-order valence-corrected chi connectivity index (χ4v) is 2.84. The first kappa shape index (κ1) is 20.2. The lowest BCUT2D eigenvalue weighted by atomic mass is 10.1. The molecule has 0 heterocycles. The lowest BCUT2D eigenvalue weighted by molar-refractivity contribution is -0.120. The number of rotatable bonds is 6. The summed E-state index contributed by atoms with van der Waals surface area (Å²) in [5.41, 5.74) is 4.06. The molecule has 142 valence electrons. The number of benzene rings is 2. The van der Waals surface area contributed by atoms with Crippen LogP contribution in [0, 0.1) is 6.92 Å². The van der Waals surface area contributed by atoms with E-state index >= 15 is 0 Å². The SMILES string of the molecule is CCc1cccc(C)c1NC(=O)CN(C(C)=O)c1ccc(NC(C)=O)cc1. The summed E-state index contributed by atoms with van der Waals surface area (Å²) in [6.45, 7) is 6.73. The van der Waals surface area contributed by atoms with E-state index in [-0.39, 0.29) is 24.3 Å². The molecule has 6 nitrogen and oxygen atoms in total. The number of carbonyl (C=O) groups is 3. The van der Waals surface area contributed by atoms with Gasteiger partial charge in [0.25, 0.3) is 0 Å². The number of amides is 3. The summed E-state index contributed by atoms with van der Waals surface area (Å²) in [6.07, 6.45) is 0.804. The zero-order valence-corrected chi connectivity index (χ0v) is 16.1. The van der Waals surface area contributed by atoms with Gasteiger partial charge in [0.2, 0.25) is 17.7 Å². The molecule has 0 spiro atoms. The van der Waals surface area contributed by atoms with Crippen LogP contribution in [0.1, 0.15) is 31.9 Å². The monoisotopic (exact) mass is 367 g/mol. The van der Waals surface area contributed by atoms with Crippen molar-refractivity contribution in [3.63, 3.8) is 0 Å². The second kappa shape index (κ2) is 8.98. The van der Waals surface area contributed by atoms with Gasteiger partial charge in [-0.25, -0.2) is 0 Å². The number of anilines is 3. The van der Waals surface area contributed by atoms with Crippen LogP contribution in [-0.2, 0) is 20.8 Å². The molecule has 2 N–H and O–H groups in total. The molecule has 6 heteroatoms. The quantitative estimate of drug-likeness (QED) is 0.820. The van der Waals surface area contributed by atoms with Crippen LogP contribution in [0.25, 0.3) is 0 Å². The van der Waals surface area contributed by atoms with Crippen molar-refractivity contribution in [2.75, 3.05) is 22.1 Å². The van der Waals surface area contributed by atoms with Gasteiger partial charge in [-0.05, 0) is 48.7 Å². The van der Waals surface area contributed by atoms with Crippen molar-refractivity contribution in [3.8, 4) is 0 Å². The van der Waals surface area contributed by atoms with Gasteiger partial charge in [-0.2, -0.15) is 0 Å². The Morgan fingerprint density at radius 1 is 0.963 bits per heavy atom. The number of para-hydroxylation sites is 1. The molecular formula is C21H25N3O3. The van der Waals surface area contributed by atoms with Crippen LogP contribution < -0.4 is 15.5 Å². The maximum Gasteiger partial charge on any atom is 0.244 e. The molecular weight excluding hydrogens is 342 g/mol. The topological polar surface area (TPSA) is 78.5 Å². The Morgan fingerprint density at radius 2 is 1.63 bits per heavy atom. The molecule has 0 saturated heterocycles. The molecule has 3 amide bonds. The second-order valence-corrected chi connectivity index (χ2v) is 6.34. The van der Waals surface area contributed by atoms with E-state index in [9.17, 15) is 14.4 Å². The van der Waals surface area contributed by atoms with E-state index in [0.717, 1.165) is 23.2 Å². The van der Waals surface area contributed by atoms with Crippen molar-refractivity contribution < 1.29 is 14.4 Å². The highest BCUT2D eigenvalue weighted by molar-refractivity contribution is 6.02. The highest BCUT2D eigenvalue weighted by atomic mass is 16.2. The van der Waals surface area contributed by atoms with Gasteiger partial charge in [0, 0.05) is 30.9 Å². The highest BCUT2D eigenvalue weighted by Crippen LogP contribution is 2.22. The molecule has 2 rings (SSSR count). The summed E-state index contributed by atoms with van der Waals surface area (Å²) in [4.78, 5) is 37.1. The molecule has 0 aromatic heterocycles. The molecule has 0 atom stereocenters. The van der Waals surface area contributed by atoms with Gasteiger partial charge in [0.15, 0.2) is 0 Å². The third-order valence-electron chi connectivity index (χ3n) is 4.19. The molecule has 2 aromatic carbocycles. The Labute approximate surface area is 159 Å². The Bertz CT molecular complexity index is 844. The molecule has 2 aromatic rings. The van der Waals surface area contributed by atoms with Gasteiger partial charge < -0.3 is 15.5 Å².